The van der Waals surface area contributed by atoms with Crippen molar-refractivity contribution in [3.63, 3.8) is 0 Å². The van der Waals surface area contributed by atoms with Crippen LogP contribution < -0.4 is 5.19 Å². The van der Waals surface area contributed by atoms with Crippen molar-refractivity contribution in [3.8, 4) is 0 Å². The molecular weight excluding hydrogens is 308 g/mol. The lowest BCUT2D eigenvalue weighted by molar-refractivity contribution is 1.37. The fourth-order valence-corrected chi connectivity index (χ4v) is 9.21. The minimum Gasteiger partial charge on any atom is -0.138 e. The fourth-order valence-electron chi connectivity index (χ4n) is 2.58. The van der Waals surface area contributed by atoms with Gasteiger partial charge in [0.05, 0.1) is 4.58 Å². The van der Waals surface area contributed by atoms with Crippen molar-refractivity contribution in [1.82, 2.24) is 0 Å². The first-order valence-electron chi connectivity index (χ1n) is 7.27. The lowest BCUT2D eigenvalue weighted by Gasteiger charge is -2.32. The van der Waals surface area contributed by atoms with Crippen molar-refractivity contribution in [2.24, 2.45) is 0 Å². The van der Waals surface area contributed by atoms with Gasteiger partial charge in [0.25, 0.3) is 0 Å². The van der Waals surface area contributed by atoms with E-state index in [-0.39, 0.29) is 0 Å². The van der Waals surface area contributed by atoms with Gasteiger partial charge in [-0.2, -0.15) is 0 Å². The van der Waals surface area contributed by atoms with Gasteiger partial charge >= 0.3 is 0 Å². The Morgan fingerprint density at radius 1 is 0.905 bits per heavy atom. The van der Waals surface area contributed by atoms with Gasteiger partial charge in [-0.05, 0) is 10.1 Å². The van der Waals surface area contributed by atoms with Crippen molar-refractivity contribution in [1.29, 1.82) is 0 Å². The van der Waals surface area contributed by atoms with E-state index in [1.54, 1.807) is 4.53 Å². The van der Waals surface area contributed by atoms with Gasteiger partial charge in [0.2, 0.25) is 0 Å². The van der Waals surface area contributed by atoms with E-state index in [4.69, 9.17) is 0 Å². The van der Waals surface area contributed by atoms with Crippen molar-refractivity contribution in [2.75, 3.05) is 5.75 Å². The van der Waals surface area contributed by atoms with Crippen LogP contribution in [0.5, 0.6) is 0 Å². The Hall–Kier alpha value is -0.903. The Morgan fingerprint density at radius 2 is 1.52 bits per heavy atom. The van der Waals surface area contributed by atoms with E-state index in [9.17, 15) is 0 Å². The first kappa shape index (κ1) is 15.0. The van der Waals surface area contributed by atoms with Gasteiger partial charge in [-0.3, -0.25) is 0 Å². The molecule has 0 N–H and O–H groups in total. The standard InChI is InChI=1S/C18H20S2Si/c1-21(2,16-11-7-4-8-12-16)17-13-14-19-18(20-17)15-9-5-3-6-10-15/h3-13,18H,14H2,1-2H3. The van der Waals surface area contributed by atoms with E-state index in [2.05, 4.69) is 91.6 Å². The summed E-state index contributed by atoms with van der Waals surface area (Å²) in [6.45, 7) is 4.94. The molecule has 0 radical (unpaired) electrons. The summed E-state index contributed by atoms with van der Waals surface area (Å²) in [4.78, 5) is 0. The van der Waals surface area contributed by atoms with Gasteiger partial charge < -0.3 is 0 Å². The second kappa shape index (κ2) is 6.47. The van der Waals surface area contributed by atoms with E-state index in [1.165, 1.54) is 10.8 Å². The van der Waals surface area contributed by atoms with Crippen molar-refractivity contribution >= 4 is 36.8 Å². The first-order chi connectivity index (χ1) is 10.2. The summed E-state index contributed by atoms with van der Waals surface area (Å²) < 4.78 is 2.17. The molecule has 3 rings (SSSR count). The summed E-state index contributed by atoms with van der Waals surface area (Å²) in [5, 5.41) is 1.53. The first-order valence-corrected chi connectivity index (χ1v) is 12.2. The van der Waals surface area contributed by atoms with Gasteiger partial charge in [-0.1, -0.05) is 85.0 Å². The predicted molar refractivity (Wildman–Crippen MR) is 101 cm³/mol. The number of benzene rings is 2. The molecule has 1 unspecified atom stereocenters. The van der Waals surface area contributed by atoms with Crippen LogP contribution in [-0.2, 0) is 0 Å². The highest BCUT2D eigenvalue weighted by Crippen LogP contribution is 2.49. The molecule has 108 valence electrons. The highest BCUT2D eigenvalue weighted by atomic mass is 32.2. The quantitative estimate of drug-likeness (QED) is 0.710. The maximum atomic E-state index is 2.47. The predicted octanol–water partition coefficient (Wildman–Crippen LogP) is 5.20. The van der Waals surface area contributed by atoms with E-state index < -0.39 is 8.07 Å². The van der Waals surface area contributed by atoms with Crippen molar-refractivity contribution in [2.45, 2.75) is 17.7 Å². The fraction of sp³-hybridized carbons (Fsp3) is 0.222. The van der Waals surface area contributed by atoms with Gasteiger partial charge in [0.15, 0.2) is 0 Å². The Balaban J connectivity index is 1.85. The van der Waals surface area contributed by atoms with Crippen molar-refractivity contribution in [3.05, 3.63) is 76.8 Å². The summed E-state index contributed by atoms with van der Waals surface area (Å²) in [7, 11) is -1.54. The number of hydrogen-bond donors (Lipinski definition) is 0. The molecule has 0 amide bonds. The second-order valence-corrected chi connectivity index (χ2v) is 13.1. The van der Waals surface area contributed by atoms with Gasteiger partial charge in [0, 0.05) is 5.75 Å². The molecule has 1 heterocycles. The second-order valence-electron chi connectivity index (χ2n) is 5.75. The van der Waals surface area contributed by atoms with Gasteiger partial charge in [-0.25, -0.2) is 0 Å². The molecule has 0 spiro atoms. The van der Waals surface area contributed by atoms with Crippen LogP contribution in [0.2, 0.25) is 13.1 Å². The number of thioether (sulfide) groups is 2. The molecule has 0 saturated carbocycles. The van der Waals surface area contributed by atoms with E-state index in [0.29, 0.717) is 4.58 Å². The van der Waals surface area contributed by atoms with Crippen LogP contribution in [0.4, 0.5) is 0 Å². The van der Waals surface area contributed by atoms with Gasteiger partial charge in [-0.15, -0.1) is 23.5 Å². The molecule has 2 aromatic rings. The lowest BCUT2D eigenvalue weighted by Crippen LogP contribution is -2.43. The largest absolute Gasteiger partial charge is 0.138 e. The zero-order valence-electron chi connectivity index (χ0n) is 12.5. The SMILES string of the molecule is C[Si](C)(C1=CCSC(c2ccccc2)S1)c1ccccc1. The molecule has 0 aliphatic carbocycles. The number of rotatable bonds is 3. The minimum atomic E-state index is -1.54. The van der Waals surface area contributed by atoms with Crippen LogP contribution >= 0.6 is 23.5 Å². The Morgan fingerprint density at radius 3 is 2.19 bits per heavy atom. The topological polar surface area (TPSA) is 0 Å². The molecule has 0 saturated heterocycles. The summed E-state index contributed by atoms with van der Waals surface area (Å²) in [6.07, 6.45) is 2.47. The Kier molecular flexibility index (Phi) is 4.62. The van der Waals surface area contributed by atoms with Crippen molar-refractivity contribution < 1.29 is 0 Å². The third kappa shape index (κ3) is 3.31. The molecule has 1 aliphatic rings. The molecule has 21 heavy (non-hydrogen) atoms. The lowest BCUT2D eigenvalue weighted by atomic mass is 10.2. The van der Waals surface area contributed by atoms with Crippen LogP contribution in [0.1, 0.15) is 10.1 Å². The smallest absolute Gasteiger partial charge is 0.119 e. The molecule has 3 heteroatoms. The maximum absolute atomic E-state index is 2.47. The molecular formula is C18H20S2Si. The van der Waals surface area contributed by atoms with Crippen LogP contribution in [0.3, 0.4) is 0 Å². The van der Waals surface area contributed by atoms with Crippen LogP contribution in [0.25, 0.3) is 0 Å². The molecule has 0 aromatic heterocycles. The van der Waals surface area contributed by atoms with Gasteiger partial charge in [0.1, 0.15) is 8.07 Å². The highest BCUT2D eigenvalue weighted by molar-refractivity contribution is 8.19. The third-order valence-corrected chi connectivity index (χ3v) is 11.6. The third-order valence-electron chi connectivity index (χ3n) is 3.93. The Bertz CT molecular complexity index is 620. The average molecular weight is 329 g/mol. The maximum Gasteiger partial charge on any atom is 0.119 e. The minimum absolute atomic E-state index is 0.543. The monoisotopic (exact) mass is 328 g/mol. The molecule has 1 atom stereocenters. The molecule has 1 aliphatic heterocycles. The van der Waals surface area contributed by atoms with Crippen LogP contribution in [0, 0.1) is 0 Å². The summed E-state index contributed by atoms with van der Waals surface area (Å²) >= 11 is 4.11. The molecule has 2 aromatic carbocycles. The normalized spacial score (nSPS) is 19.1. The molecule has 0 fully saturated rings. The number of hydrogen-bond acceptors (Lipinski definition) is 2. The average Bonchev–Trinajstić information content (AvgIpc) is 2.57. The zero-order valence-corrected chi connectivity index (χ0v) is 15.1. The summed E-state index contributed by atoms with van der Waals surface area (Å²) in [5.41, 5.74) is 1.44. The van der Waals surface area contributed by atoms with E-state index in [0.717, 1.165) is 5.75 Å². The Labute approximate surface area is 137 Å². The summed E-state index contributed by atoms with van der Waals surface area (Å²) in [6, 6.07) is 21.9. The van der Waals surface area contributed by atoms with E-state index in [1.807, 2.05) is 11.8 Å². The van der Waals surface area contributed by atoms with Crippen LogP contribution in [-0.4, -0.2) is 13.8 Å². The van der Waals surface area contributed by atoms with E-state index >= 15 is 0 Å². The summed E-state index contributed by atoms with van der Waals surface area (Å²) in [5.74, 6) is 1.13. The van der Waals surface area contributed by atoms with Crippen LogP contribution in [0.15, 0.2) is 71.3 Å². The highest BCUT2D eigenvalue weighted by Gasteiger charge is 2.32. The molecule has 0 bridgehead atoms. The molecule has 0 nitrogen and oxygen atoms in total. The zero-order chi connectivity index (χ0) is 14.7.